The minimum absolute atomic E-state index is 0.0930. The summed E-state index contributed by atoms with van der Waals surface area (Å²) in [7, 11) is 0. The molecule has 5 nitrogen and oxygen atoms in total. The molecule has 0 N–H and O–H groups in total. The van der Waals surface area contributed by atoms with Gasteiger partial charge in [-0.05, 0) is 30.9 Å². The Morgan fingerprint density at radius 1 is 1.21 bits per heavy atom. The lowest BCUT2D eigenvalue weighted by Crippen LogP contribution is -2.36. The van der Waals surface area contributed by atoms with Crippen molar-refractivity contribution < 1.29 is 8.78 Å². The average molecular weight is 400 g/mol. The normalized spacial score (nSPS) is 14.6. The van der Waals surface area contributed by atoms with Crippen LogP contribution in [0.1, 0.15) is 42.4 Å². The Hall–Kier alpha value is -2.79. The van der Waals surface area contributed by atoms with Crippen LogP contribution in [0.4, 0.5) is 14.7 Å². The number of alkyl halides is 2. The van der Waals surface area contributed by atoms with E-state index >= 15 is 0 Å². The molecular formula is C20H18F2N4OS. The third-order valence-corrected chi connectivity index (χ3v) is 6.00. The fourth-order valence-electron chi connectivity index (χ4n) is 3.58. The summed E-state index contributed by atoms with van der Waals surface area (Å²) in [6.07, 6.45) is 0.355. The highest BCUT2D eigenvalue weighted by Gasteiger charge is 2.24. The number of hydrogen-bond donors (Lipinski definition) is 0. The summed E-state index contributed by atoms with van der Waals surface area (Å²) in [6, 6.07) is 9.23. The number of piperidine rings is 1. The summed E-state index contributed by atoms with van der Waals surface area (Å²) < 4.78 is 28.5. The molecule has 1 aromatic carbocycles. The minimum atomic E-state index is -2.68. The van der Waals surface area contributed by atoms with E-state index in [0.29, 0.717) is 17.1 Å². The summed E-state index contributed by atoms with van der Waals surface area (Å²) in [5, 5.41) is 10.7. The largest absolute Gasteiger partial charge is 0.342 e. The maximum atomic E-state index is 13.4. The molecule has 28 heavy (non-hydrogen) atoms. The van der Waals surface area contributed by atoms with Crippen LogP contribution in [0, 0.1) is 11.3 Å². The van der Waals surface area contributed by atoms with Gasteiger partial charge in [-0.3, -0.25) is 9.36 Å². The minimum Gasteiger partial charge on any atom is -0.342 e. The lowest BCUT2D eigenvalue weighted by molar-refractivity contribution is 0.153. The van der Waals surface area contributed by atoms with Crippen molar-refractivity contribution in [2.24, 2.45) is 0 Å². The Bertz CT molecular complexity index is 1110. The zero-order valence-corrected chi connectivity index (χ0v) is 15.9. The van der Waals surface area contributed by atoms with E-state index in [0.717, 1.165) is 43.7 Å². The van der Waals surface area contributed by atoms with Crippen LogP contribution in [0.15, 0.2) is 34.4 Å². The molecule has 0 aliphatic carbocycles. The first-order valence-corrected chi connectivity index (χ1v) is 10.0. The van der Waals surface area contributed by atoms with E-state index in [-0.39, 0.29) is 27.9 Å². The molecule has 0 radical (unpaired) electrons. The van der Waals surface area contributed by atoms with Crippen LogP contribution in [0.2, 0.25) is 0 Å². The fourth-order valence-corrected chi connectivity index (χ4v) is 4.52. The van der Waals surface area contributed by atoms with Gasteiger partial charge in [0.15, 0.2) is 0 Å². The van der Waals surface area contributed by atoms with Crippen LogP contribution in [0.25, 0.3) is 10.2 Å². The maximum absolute atomic E-state index is 13.4. The molecule has 0 amide bonds. The van der Waals surface area contributed by atoms with Gasteiger partial charge in [-0.15, -0.1) is 11.3 Å². The highest BCUT2D eigenvalue weighted by atomic mass is 32.1. The summed E-state index contributed by atoms with van der Waals surface area (Å²) in [4.78, 5) is 19.7. The quantitative estimate of drug-likeness (QED) is 0.655. The fraction of sp³-hybridized carbons (Fsp3) is 0.350. The van der Waals surface area contributed by atoms with E-state index in [1.807, 2.05) is 11.0 Å². The second kappa shape index (κ2) is 7.68. The molecule has 0 atom stereocenters. The lowest BCUT2D eigenvalue weighted by Gasteiger charge is -2.29. The first-order valence-electron chi connectivity index (χ1n) is 9.13. The number of nitrogens with zero attached hydrogens (tertiary/aromatic N) is 4. The highest BCUT2D eigenvalue weighted by molar-refractivity contribution is 7.17. The van der Waals surface area contributed by atoms with Gasteiger partial charge in [-0.2, -0.15) is 5.26 Å². The molecule has 0 saturated carbocycles. The molecule has 1 fully saturated rings. The number of thiophene rings is 1. The molecule has 3 aromatic rings. The Morgan fingerprint density at radius 3 is 2.68 bits per heavy atom. The summed E-state index contributed by atoms with van der Waals surface area (Å²) in [5.41, 5.74) is 0.751. The van der Waals surface area contributed by atoms with Crippen molar-refractivity contribution in [1.82, 2.24) is 9.55 Å². The van der Waals surface area contributed by atoms with Crippen molar-refractivity contribution in [2.75, 3.05) is 18.0 Å². The van der Waals surface area contributed by atoms with E-state index in [1.165, 1.54) is 9.95 Å². The van der Waals surface area contributed by atoms with Crippen LogP contribution in [0.5, 0.6) is 0 Å². The number of halogens is 2. The molecule has 3 heterocycles. The van der Waals surface area contributed by atoms with Crippen molar-refractivity contribution >= 4 is 27.5 Å². The van der Waals surface area contributed by atoms with Crippen molar-refractivity contribution in [2.45, 2.75) is 32.2 Å². The zero-order chi connectivity index (χ0) is 19.7. The third kappa shape index (κ3) is 3.27. The van der Waals surface area contributed by atoms with Gasteiger partial charge in [0.25, 0.3) is 12.0 Å². The van der Waals surface area contributed by atoms with Gasteiger partial charge in [0.2, 0.25) is 5.95 Å². The van der Waals surface area contributed by atoms with Crippen LogP contribution in [0.3, 0.4) is 0 Å². The monoisotopic (exact) mass is 400 g/mol. The van der Waals surface area contributed by atoms with E-state index < -0.39 is 6.43 Å². The van der Waals surface area contributed by atoms with E-state index in [4.69, 9.17) is 0 Å². The van der Waals surface area contributed by atoms with Gasteiger partial charge in [0.1, 0.15) is 4.70 Å². The Kier molecular flexibility index (Phi) is 5.09. The summed E-state index contributed by atoms with van der Waals surface area (Å²) in [5.74, 6) is 0.408. The molecular weight excluding hydrogens is 382 g/mol. The third-order valence-electron chi connectivity index (χ3n) is 5.03. The van der Waals surface area contributed by atoms with E-state index in [9.17, 15) is 18.8 Å². The van der Waals surface area contributed by atoms with Crippen molar-refractivity contribution in [3.63, 3.8) is 0 Å². The number of nitriles is 1. The molecule has 8 heteroatoms. The zero-order valence-electron chi connectivity index (χ0n) is 15.1. The van der Waals surface area contributed by atoms with E-state index in [2.05, 4.69) is 11.1 Å². The Labute approximate surface area is 164 Å². The molecule has 0 unspecified atom stereocenters. The average Bonchev–Trinajstić information content (AvgIpc) is 3.15. The SMILES string of the molecule is N#Cc1ccccc1Cn1c(N2CCCCC2)nc2c(C(F)F)csc2c1=O. The predicted octanol–water partition coefficient (Wildman–Crippen LogP) is 4.31. The second-order valence-corrected chi connectivity index (χ2v) is 7.67. The predicted molar refractivity (Wildman–Crippen MR) is 105 cm³/mol. The molecule has 1 saturated heterocycles. The van der Waals surface area contributed by atoms with Gasteiger partial charge >= 0.3 is 0 Å². The van der Waals surface area contributed by atoms with Crippen LogP contribution in [-0.4, -0.2) is 22.6 Å². The van der Waals surface area contributed by atoms with Gasteiger partial charge in [-0.25, -0.2) is 13.8 Å². The Morgan fingerprint density at radius 2 is 1.96 bits per heavy atom. The molecule has 0 spiro atoms. The van der Waals surface area contributed by atoms with Gasteiger partial charge in [0, 0.05) is 18.5 Å². The first kappa shape index (κ1) is 18.6. The smallest absolute Gasteiger partial charge is 0.273 e. The highest BCUT2D eigenvalue weighted by Crippen LogP contribution is 2.32. The first-order chi connectivity index (χ1) is 13.6. The number of fused-ring (bicyclic) bond motifs is 1. The van der Waals surface area contributed by atoms with Crippen molar-refractivity contribution in [3.05, 3.63) is 56.7 Å². The van der Waals surface area contributed by atoms with Gasteiger partial charge in [-0.1, -0.05) is 18.2 Å². The second-order valence-electron chi connectivity index (χ2n) is 6.79. The number of benzene rings is 1. The van der Waals surface area contributed by atoms with Crippen LogP contribution >= 0.6 is 11.3 Å². The molecule has 0 bridgehead atoms. The van der Waals surface area contributed by atoms with Gasteiger partial charge in [0.05, 0.1) is 29.3 Å². The van der Waals surface area contributed by atoms with Gasteiger partial charge < -0.3 is 4.90 Å². The summed E-state index contributed by atoms with van der Waals surface area (Å²) >= 11 is 1.000. The van der Waals surface area contributed by atoms with E-state index in [1.54, 1.807) is 18.2 Å². The topological polar surface area (TPSA) is 61.9 Å². The van der Waals surface area contributed by atoms with Crippen LogP contribution in [-0.2, 0) is 6.54 Å². The van der Waals surface area contributed by atoms with Crippen LogP contribution < -0.4 is 10.5 Å². The number of hydrogen-bond acceptors (Lipinski definition) is 5. The molecule has 1 aliphatic heterocycles. The number of rotatable bonds is 4. The molecule has 144 valence electrons. The standard InChI is InChI=1S/C20H18F2N4OS/c21-18(22)15-12-28-17-16(15)24-20(25-8-4-1-5-9-25)26(19(17)27)11-14-7-3-2-6-13(14)10-23/h2-3,6-7,12,18H,1,4-5,8-9,11H2. The number of aromatic nitrogens is 2. The van der Waals surface area contributed by atoms with Crippen molar-refractivity contribution in [3.8, 4) is 6.07 Å². The van der Waals surface area contributed by atoms with Crippen molar-refractivity contribution in [1.29, 1.82) is 5.26 Å². The molecule has 2 aromatic heterocycles. The summed E-state index contributed by atoms with van der Waals surface area (Å²) in [6.45, 7) is 1.64. The number of anilines is 1. The molecule has 1 aliphatic rings. The Balaban J connectivity index is 1.91. The lowest BCUT2D eigenvalue weighted by atomic mass is 10.1. The molecule has 4 rings (SSSR count). The maximum Gasteiger partial charge on any atom is 0.273 e.